The molecule has 2 rings (SSSR count). The predicted octanol–water partition coefficient (Wildman–Crippen LogP) is 2.96. The molecule has 0 atom stereocenters. The number of carbonyl (C=O) groups is 1. The van der Waals surface area contributed by atoms with Gasteiger partial charge in [0.25, 0.3) is 5.91 Å². The van der Waals surface area contributed by atoms with E-state index in [0.717, 1.165) is 11.6 Å². The molecule has 0 aliphatic heterocycles. The molecule has 5 nitrogen and oxygen atoms in total. The maximum absolute atomic E-state index is 13.6. The largest absolute Gasteiger partial charge is 0.496 e. The maximum Gasteiger partial charge on any atom is 0.254 e. The number of amides is 1. The second kappa shape index (κ2) is 8.32. The molecule has 0 aromatic heterocycles. The lowest BCUT2D eigenvalue weighted by Crippen LogP contribution is -2.27. The number of hydrogen-bond donors (Lipinski definition) is 1. The maximum atomic E-state index is 13.6. The predicted molar refractivity (Wildman–Crippen MR) is 88.5 cm³/mol. The minimum absolute atomic E-state index is 0.188. The summed E-state index contributed by atoms with van der Waals surface area (Å²) in [6.45, 7) is 0.188. The number of hydrogen-bond acceptors (Lipinski definition) is 4. The van der Waals surface area contributed by atoms with Crippen molar-refractivity contribution in [1.82, 2.24) is 5.32 Å². The molecule has 134 valence electrons. The molecule has 0 heterocycles. The van der Waals surface area contributed by atoms with Gasteiger partial charge < -0.3 is 19.5 Å². The van der Waals surface area contributed by atoms with Gasteiger partial charge in [0.15, 0.2) is 11.6 Å². The van der Waals surface area contributed by atoms with Crippen LogP contribution < -0.4 is 19.5 Å². The summed E-state index contributed by atoms with van der Waals surface area (Å²) in [6.07, 6.45) is 0.374. The molecule has 0 saturated carbocycles. The molecule has 25 heavy (non-hydrogen) atoms. The zero-order valence-electron chi connectivity index (χ0n) is 14.2. The Morgan fingerprint density at radius 2 is 1.68 bits per heavy atom. The number of halogens is 2. The molecule has 0 aliphatic carbocycles. The van der Waals surface area contributed by atoms with Crippen molar-refractivity contribution in [1.29, 1.82) is 0 Å². The third kappa shape index (κ3) is 4.17. The highest BCUT2D eigenvalue weighted by atomic mass is 19.2. The lowest BCUT2D eigenvalue weighted by Gasteiger charge is -2.15. The number of benzene rings is 2. The van der Waals surface area contributed by atoms with Crippen LogP contribution in [0, 0.1) is 11.6 Å². The van der Waals surface area contributed by atoms with E-state index in [1.54, 1.807) is 12.1 Å². The van der Waals surface area contributed by atoms with Gasteiger partial charge in [-0.3, -0.25) is 4.79 Å². The van der Waals surface area contributed by atoms with E-state index in [2.05, 4.69) is 5.32 Å². The van der Waals surface area contributed by atoms with Crippen molar-refractivity contribution in [2.75, 3.05) is 27.9 Å². The minimum atomic E-state index is -1.17. The lowest BCUT2D eigenvalue weighted by molar-refractivity contribution is 0.0949. The summed E-state index contributed by atoms with van der Waals surface area (Å²) in [6, 6.07) is 6.86. The van der Waals surface area contributed by atoms with Crippen LogP contribution in [0.4, 0.5) is 8.78 Å². The first-order valence-corrected chi connectivity index (χ1v) is 7.53. The highest BCUT2D eigenvalue weighted by molar-refractivity contribution is 5.94. The molecule has 1 N–H and O–H groups in total. The third-order valence-corrected chi connectivity index (χ3v) is 3.67. The van der Waals surface area contributed by atoms with Crippen LogP contribution in [0.3, 0.4) is 0 Å². The fraction of sp³-hybridized carbons (Fsp3) is 0.278. The molecule has 0 unspecified atom stereocenters. The Hall–Kier alpha value is -2.83. The van der Waals surface area contributed by atoms with E-state index in [1.165, 1.54) is 33.5 Å². The van der Waals surface area contributed by atoms with Crippen LogP contribution in [0.25, 0.3) is 0 Å². The van der Waals surface area contributed by atoms with Crippen LogP contribution in [0.2, 0.25) is 0 Å². The first kappa shape index (κ1) is 18.5. The SMILES string of the molecule is COc1cc(OC)c(CCNC(=O)c2cccc(F)c2F)c(OC)c1. The summed E-state index contributed by atoms with van der Waals surface area (Å²) in [5.41, 5.74) is 0.388. The van der Waals surface area contributed by atoms with Gasteiger partial charge in [-0.25, -0.2) is 8.78 Å². The topological polar surface area (TPSA) is 56.8 Å². The van der Waals surface area contributed by atoms with E-state index < -0.39 is 17.5 Å². The van der Waals surface area contributed by atoms with Crippen molar-refractivity contribution in [3.05, 3.63) is 53.1 Å². The molecule has 2 aromatic carbocycles. The molecule has 1 amide bonds. The highest BCUT2D eigenvalue weighted by Crippen LogP contribution is 2.34. The molecule has 0 bridgehead atoms. The van der Waals surface area contributed by atoms with E-state index in [-0.39, 0.29) is 12.1 Å². The zero-order valence-corrected chi connectivity index (χ0v) is 14.2. The Balaban J connectivity index is 2.11. The van der Waals surface area contributed by atoms with Gasteiger partial charge in [0.2, 0.25) is 0 Å². The first-order chi connectivity index (χ1) is 12.0. The van der Waals surface area contributed by atoms with Crippen molar-refractivity contribution in [2.24, 2.45) is 0 Å². The Kier molecular flexibility index (Phi) is 6.16. The lowest BCUT2D eigenvalue weighted by atomic mass is 10.1. The van der Waals surface area contributed by atoms with Gasteiger partial charge in [-0.2, -0.15) is 0 Å². The standard InChI is InChI=1S/C18H19F2NO4/c1-23-11-9-15(24-2)12(16(10-11)25-3)7-8-21-18(22)13-5-4-6-14(19)17(13)20/h4-6,9-10H,7-8H2,1-3H3,(H,21,22). The van der Waals surface area contributed by atoms with Crippen molar-refractivity contribution in [3.63, 3.8) is 0 Å². The molecular weight excluding hydrogens is 332 g/mol. The molecule has 0 aliphatic rings. The third-order valence-electron chi connectivity index (χ3n) is 3.67. The average Bonchev–Trinajstić information content (AvgIpc) is 2.63. The van der Waals surface area contributed by atoms with Crippen LogP contribution in [-0.4, -0.2) is 33.8 Å². The summed E-state index contributed by atoms with van der Waals surface area (Å²) in [7, 11) is 4.55. The molecule has 7 heteroatoms. The molecule has 0 radical (unpaired) electrons. The summed E-state index contributed by atoms with van der Waals surface area (Å²) in [4.78, 5) is 12.0. The van der Waals surface area contributed by atoms with Crippen molar-refractivity contribution in [2.45, 2.75) is 6.42 Å². The number of rotatable bonds is 7. The monoisotopic (exact) mass is 351 g/mol. The van der Waals surface area contributed by atoms with E-state index in [0.29, 0.717) is 23.7 Å². The zero-order chi connectivity index (χ0) is 18.4. The normalized spacial score (nSPS) is 10.3. The van der Waals surface area contributed by atoms with Gasteiger partial charge in [0.05, 0.1) is 26.9 Å². The second-order valence-corrected chi connectivity index (χ2v) is 5.12. The van der Waals surface area contributed by atoms with Gasteiger partial charge in [-0.1, -0.05) is 6.07 Å². The highest BCUT2D eigenvalue weighted by Gasteiger charge is 2.16. The van der Waals surface area contributed by atoms with Gasteiger partial charge in [-0.05, 0) is 18.6 Å². The minimum Gasteiger partial charge on any atom is -0.496 e. The first-order valence-electron chi connectivity index (χ1n) is 7.53. The average molecular weight is 351 g/mol. The number of carbonyl (C=O) groups excluding carboxylic acids is 1. The van der Waals surface area contributed by atoms with Crippen LogP contribution in [-0.2, 0) is 6.42 Å². The van der Waals surface area contributed by atoms with Crippen LogP contribution in [0.15, 0.2) is 30.3 Å². The second-order valence-electron chi connectivity index (χ2n) is 5.12. The van der Waals surface area contributed by atoms with Crippen molar-refractivity contribution >= 4 is 5.91 Å². The van der Waals surface area contributed by atoms with Crippen LogP contribution in [0.5, 0.6) is 17.2 Å². The fourth-order valence-corrected chi connectivity index (χ4v) is 2.40. The Morgan fingerprint density at radius 3 is 2.24 bits per heavy atom. The molecule has 0 saturated heterocycles. The molecular formula is C18H19F2NO4. The summed E-state index contributed by atoms with van der Waals surface area (Å²) in [5.74, 6) is -1.26. The fourth-order valence-electron chi connectivity index (χ4n) is 2.40. The molecule has 0 spiro atoms. The van der Waals surface area contributed by atoms with E-state index in [1.807, 2.05) is 0 Å². The van der Waals surface area contributed by atoms with Gasteiger partial charge >= 0.3 is 0 Å². The summed E-state index contributed by atoms with van der Waals surface area (Å²) in [5, 5.41) is 2.56. The quantitative estimate of drug-likeness (QED) is 0.833. The van der Waals surface area contributed by atoms with Crippen molar-refractivity contribution < 1.29 is 27.8 Å². The Labute approximate surface area is 144 Å². The van der Waals surface area contributed by atoms with Crippen molar-refractivity contribution in [3.8, 4) is 17.2 Å². The number of ether oxygens (including phenoxy) is 3. The van der Waals surface area contributed by atoms with E-state index >= 15 is 0 Å². The Morgan fingerprint density at radius 1 is 1.04 bits per heavy atom. The molecule has 2 aromatic rings. The molecule has 0 fully saturated rings. The van der Waals surface area contributed by atoms with Gasteiger partial charge in [0.1, 0.15) is 17.2 Å². The van der Waals surface area contributed by atoms with Crippen LogP contribution >= 0.6 is 0 Å². The Bertz CT molecular complexity index is 740. The van der Waals surface area contributed by atoms with E-state index in [9.17, 15) is 13.6 Å². The van der Waals surface area contributed by atoms with Crippen LogP contribution in [0.1, 0.15) is 15.9 Å². The summed E-state index contributed by atoms with van der Waals surface area (Å²) < 4.78 is 42.7. The van der Waals surface area contributed by atoms with Gasteiger partial charge in [-0.15, -0.1) is 0 Å². The van der Waals surface area contributed by atoms with Gasteiger partial charge in [0, 0.05) is 24.2 Å². The number of nitrogens with one attached hydrogen (secondary N) is 1. The number of methoxy groups -OCH3 is 3. The summed E-state index contributed by atoms with van der Waals surface area (Å²) >= 11 is 0. The van der Waals surface area contributed by atoms with E-state index in [4.69, 9.17) is 14.2 Å². The smallest absolute Gasteiger partial charge is 0.254 e.